The third-order valence-corrected chi connectivity index (χ3v) is 5.29. The molecule has 7 heteroatoms. The fraction of sp³-hybridized carbons (Fsp3) is 0.348. The summed E-state index contributed by atoms with van der Waals surface area (Å²) in [6, 6.07) is 15.6. The molecule has 2 aromatic heterocycles. The van der Waals surface area contributed by atoms with Crippen LogP contribution in [-0.4, -0.2) is 70.3 Å². The van der Waals surface area contributed by atoms with Gasteiger partial charge in [0.2, 0.25) is 0 Å². The summed E-state index contributed by atoms with van der Waals surface area (Å²) < 4.78 is 5.42. The Kier molecular flexibility index (Phi) is 6.84. The Bertz CT molecular complexity index is 923. The molecule has 0 unspecified atom stereocenters. The largest absolute Gasteiger partial charge is 0.379 e. The molecule has 0 aliphatic carbocycles. The van der Waals surface area contributed by atoms with Gasteiger partial charge in [-0.2, -0.15) is 5.10 Å². The first-order valence-corrected chi connectivity index (χ1v) is 10.4. The van der Waals surface area contributed by atoms with Gasteiger partial charge in [0.25, 0.3) is 5.91 Å². The molecule has 0 saturated carbocycles. The standard InChI is InChI=1S/C23H27N5O2/c29-23(22-17-21(25-26-22)20-5-2-1-3-6-20)28(18-19-7-9-24-10-8-19)12-4-11-27-13-15-30-16-14-27/h1-3,5-10,17H,4,11-16,18H2,(H,25,26). The van der Waals surface area contributed by atoms with Crippen LogP contribution in [0.15, 0.2) is 60.9 Å². The zero-order chi connectivity index (χ0) is 20.6. The molecule has 7 nitrogen and oxygen atoms in total. The van der Waals surface area contributed by atoms with Gasteiger partial charge < -0.3 is 9.64 Å². The molecule has 1 N–H and O–H groups in total. The molecule has 156 valence electrons. The van der Waals surface area contributed by atoms with E-state index in [9.17, 15) is 4.79 Å². The minimum Gasteiger partial charge on any atom is -0.379 e. The lowest BCUT2D eigenvalue weighted by Gasteiger charge is -2.28. The molecule has 0 atom stereocenters. The molecule has 1 aromatic carbocycles. The first-order chi connectivity index (χ1) is 14.8. The highest BCUT2D eigenvalue weighted by Gasteiger charge is 2.20. The minimum atomic E-state index is -0.0385. The van der Waals surface area contributed by atoms with Gasteiger partial charge >= 0.3 is 0 Å². The number of rotatable bonds is 8. The van der Waals surface area contributed by atoms with Gasteiger partial charge in [-0.3, -0.25) is 19.8 Å². The van der Waals surface area contributed by atoms with Crippen LogP contribution in [0, 0.1) is 0 Å². The van der Waals surface area contributed by atoms with E-state index in [2.05, 4.69) is 20.1 Å². The summed E-state index contributed by atoms with van der Waals surface area (Å²) in [4.78, 5) is 21.6. The van der Waals surface area contributed by atoms with Crippen LogP contribution >= 0.6 is 0 Å². The van der Waals surface area contributed by atoms with Gasteiger partial charge in [0.1, 0.15) is 5.69 Å². The molecule has 1 amide bonds. The van der Waals surface area contributed by atoms with E-state index in [1.165, 1.54) is 0 Å². The summed E-state index contributed by atoms with van der Waals surface area (Å²) in [5.74, 6) is -0.0385. The lowest BCUT2D eigenvalue weighted by molar-refractivity contribution is 0.0355. The Balaban J connectivity index is 1.45. The second-order valence-electron chi connectivity index (χ2n) is 7.42. The Labute approximate surface area is 176 Å². The normalized spacial score (nSPS) is 14.5. The van der Waals surface area contributed by atoms with Crippen LogP contribution < -0.4 is 0 Å². The number of nitrogens with zero attached hydrogens (tertiary/aromatic N) is 4. The highest BCUT2D eigenvalue weighted by atomic mass is 16.5. The maximum atomic E-state index is 13.3. The third-order valence-electron chi connectivity index (χ3n) is 5.29. The van der Waals surface area contributed by atoms with Crippen molar-refractivity contribution < 1.29 is 9.53 Å². The molecular weight excluding hydrogens is 378 g/mol. The quantitative estimate of drug-likeness (QED) is 0.624. The Hall–Kier alpha value is -3.03. The number of hydrogen-bond donors (Lipinski definition) is 1. The number of benzene rings is 1. The van der Waals surface area contributed by atoms with Gasteiger partial charge in [-0.05, 0) is 30.2 Å². The number of carbonyl (C=O) groups is 1. The topological polar surface area (TPSA) is 74.4 Å². The molecule has 1 aliphatic heterocycles. The number of aromatic nitrogens is 3. The van der Waals surface area contributed by atoms with Crippen molar-refractivity contribution in [2.24, 2.45) is 0 Å². The van der Waals surface area contributed by atoms with Crippen LogP contribution in [0.5, 0.6) is 0 Å². The molecule has 1 aliphatic rings. The van der Waals surface area contributed by atoms with Gasteiger partial charge in [0, 0.05) is 50.7 Å². The second-order valence-corrected chi connectivity index (χ2v) is 7.42. The number of pyridine rings is 1. The Morgan fingerprint density at radius 2 is 1.87 bits per heavy atom. The van der Waals surface area contributed by atoms with Crippen molar-refractivity contribution in [1.82, 2.24) is 25.0 Å². The molecule has 0 spiro atoms. The number of aromatic amines is 1. The zero-order valence-electron chi connectivity index (χ0n) is 17.0. The number of morpholine rings is 1. The summed E-state index contributed by atoms with van der Waals surface area (Å²) in [6.07, 6.45) is 4.43. The van der Waals surface area contributed by atoms with E-state index >= 15 is 0 Å². The van der Waals surface area contributed by atoms with E-state index in [1.54, 1.807) is 12.4 Å². The number of nitrogens with one attached hydrogen (secondary N) is 1. The summed E-state index contributed by atoms with van der Waals surface area (Å²) in [5, 5.41) is 7.28. The van der Waals surface area contributed by atoms with Crippen molar-refractivity contribution >= 4 is 5.91 Å². The lowest BCUT2D eigenvalue weighted by Crippen LogP contribution is -2.39. The van der Waals surface area contributed by atoms with Crippen molar-refractivity contribution in [2.75, 3.05) is 39.4 Å². The van der Waals surface area contributed by atoms with Gasteiger partial charge in [0.15, 0.2) is 0 Å². The van der Waals surface area contributed by atoms with Gasteiger partial charge in [0.05, 0.1) is 18.9 Å². The molecule has 0 bridgehead atoms. The maximum absolute atomic E-state index is 13.3. The smallest absolute Gasteiger partial charge is 0.272 e. The van der Waals surface area contributed by atoms with Crippen LogP contribution in [0.25, 0.3) is 11.3 Å². The monoisotopic (exact) mass is 405 g/mol. The van der Waals surface area contributed by atoms with Crippen molar-refractivity contribution in [2.45, 2.75) is 13.0 Å². The van der Waals surface area contributed by atoms with E-state index in [-0.39, 0.29) is 5.91 Å². The highest BCUT2D eigenvalue weighted by molar-refractivity contribution is 5.93. The number of carbonyl (C=O) groups excluding carboxylic acids is 1. The SMILES string of the molecule is O=C(c1cc(-c2ccccc2)n[nH]1)N(CCCN1CCOCC1)Cc1ccncc1. The molecule has 0 radical (unpaired) electrons. The molecule has 30 heavy (non-hydrogen) atoms. The van der Waals surface area contributed by atoms with Crippen LogP contribution in [0.3, 0.4) is 0 Å². The fourth-order valence-electron chi connectivity index (χ4n) is 3.63. The first-order valence-electron chi connectivity index (χ1n) is 10.4. The maximum Gasteiger partial charge on any atom is 0.272 e. The van der Waals surface area contributed by atoms with Crippen LogP contribution in [0.2, 0.25) is 0 Å². The second kappa shape index (κ2) is 10.1. The number of hydrogen-bond acceptors (Lipinski definition) is 5. The van der Waals surface area contributed by atoms with Crippen molar-refractivity contribution in [1.29, 1.82) is 0 Å². The van der Waals surface area contributed by atoms with Gasteiger partial charge in [-0.1, -0.05) is 30.3 Å². The first kappa shape index (κ1) is 20.3. The van der Waals surface area contributed by atoms with E-state index in [1.807, 2.05) is 53.4 Å². The molecule has 1 fully saturated rings. The van der Waals surface area contributed by atoms with Crippen molar-refractivity contribution in [3.63, 3.8) is 0 Å². The molecule has 3 aromatic rings. The van der Waals surface area contributed by atoms with Crippen molar-refractivity contribution in [3.8, 4) is 11.3 Å². The van der Waals surface area contributed by atoms with Crippen LogP contribution in [-0.2, 0) is 11.3 Å². The predicted octanol–water partition coefficient (Wildman–Crippen LogP) is 2.84. The number of amides is 1. The number of ether oxygens (including phenoxy) is 1. The van der Waals surface area contributed by atoms with E-state index in [0.717, 1.165) is 56.1 Å². The summed E-state index contributed by atoms with van der Waals surface area (Å²) >= 11 is 0. The zero-order valence-corrected chi connectivity index (χ0v) is 17.0. The Morgan fingerprint density at radius 1 is 1.10 bits per heavy atom. The van der Waals surface area contributed by atoms with Crippen molar-refractivity contribution in [3.05, 3.63) is 72.2 Å². The summed E-state index contributed by atoms with van der Waals surface area (Å²) in [5.41, 5.74) is 3.33. The summed E-state index contributed by atoms with van der Waals surface area (Å²) in [6.45, 7) is 5.68. The van der Waals surface area contributed by atoms with E-state index in [4.69, 9.17) is 4.74 Å². The third kappa shape index (κ3) is 5.31. The molecule has 1 saturated heterocycles. The van der Waals surface area contributed by atoms with Gasteiger partial charge in [-0.25, -0.2) is 0 Å². The average Bonchev–Trinajstić information content (AvgIpc) is 3.30. The predicted molar refractivity (Wildman–Crippen MR) is 115 cm³/mol. The van der Waals surface area contributed by atoms with E-state index < -0.39 is 0 Å². The highest BCUT2D eigenvalue weighted by Crippen LogP contribution is 2.18. The average molecular weight is 406 g/mol. The summed E-state index contributed by atoms with van der Waals surface area (Å²) in [7, 11) is 0. The fourth-order valence-corrected chi connectivity index (χ4v) is 3.63. The minimum absolute atomic E-state index is 0.0385. The van der Waals surface area contributed by atoms with E-state index in [0.29, 0.717) is 18.8 Å². The molecule has 4 rings (SSSR count). The number of H-pyrrole nitrogens is 1. The Morgan fingerprint density at radius 3 is 2.63 bits per heavy atom. The lowest BCUT2D eigenvalue weighted by atomic mass is 10.1. The molecule has 3 heterocycles. The van der Waals surface area contributed by atoms with Crippen LogP contribution in [0.1, 0.15) is 22.5 Å². The molecular formula is C23H27N5O2. The van der Waals surface area contributed by atoms with Crippen LogP contribution in [0.4, 0.5) is 0 Å². The van der Waals surface area contributed by atoms with Gasteiger partial charge in [-0.15, -0.1) is 0 Å².